The van der Waals surface area contributed by atoms with Crippen molar-refractivity contribution in [2.75, 3.05) is 45.3 Å². The summed E-state index contributed by atoms with van der Waals surface area (Å²) in [6, 6.07) is 7.90. The molecule has 0 spiro atoms. The molecule has 0 aliphatic carbocycles. The van der Waals surface area contributed by atoms with Crippen LogP contribution in [0.4, 0.5) is 0 Å². The number of hydrogen-bond acceptors (Lipinski definition) is 3. The maximum atomic E-state index is 5.70. The third kappa shape index (κ3) is 6.73. The Balaban J connectivity index is 2.26. The Labute approximate surface area is 126 Å². The van der Waals surface area contributed by atoms with E-state index in [1.165, 1.54) is 0 Å². The van der Waals surface area contributed by atoms with Crippen LogP contribution in [-0.4, -0.2) is 50.2 Å². The van der Waals surface area contributed by atoms with E-state index in [4.69, 9.17) is 9.47 Å². The summed E-state index contributed by atoms with van der Waals surface area (Å²) in [6.45, 7) is 4.30. The largest absolute Gasteiger partial charge is 0.492 e. The van der Waals surface area contributed by atoms with Crippen LogP contribution < -0.4 is 4.74 Å². The molecule has 0 atom stereocenters. The summed E-state index contributed by atoms with van der Waals surface area (Å²) in [5, 5.41) is 0.967. The second kappa shape index (κ2) is 9.78. The van der Waals surface area contributed by atoms with Crippen LogP contribution in [-0.2, 0) is 4.74 Å². The number of nitrogens with zero attached hydrogens (tertiary/aromatic N) is 1. The molecule has 0 unspecified atom stereocenters. The van der Waals surface area contributed by atoms with Gasteiger partial charge in [-0.1, -0.05) is 31.9 Å². The van der Waals surface area contributed by atoms with Gasteiger partial charge >= 0.3 is 0 Å². The highest BCUT2D eigenvalue weighted by molar-refractivity contribution is 9.10. The Morgan fingerprint density at radius 3 is 2.33 bits per heavy atom. The van der Waals surface area contributed by atoms with Crippen molar-refractivity contribution >= 4 is 31.9 Å². The first kappa shape index (κ1) is 16.0. The van der Waals surface area contributed by atoms with E-state index in [0.29, 0.717) is 6.61 Å². The summed E-state index contributed by atoms with van der Waals surface area (Å²) in [5.41, 5.74) is 0. The molecule has 3 nitrogen and oxygen atoms in total. The van der Waals surface area contributed by atoms with Crippen molar-refractivity contribution in [2.24, 2.45) is 0 Å². The normalized spacial score (nSPS) is 10.9. The highest BCUT2D eigenvalue weighted by atomic mass is 79.9. The number of benzene rings is 1. The lowest BCUT2D eigenvalue weighted by atomic mass is 10.3. The van der Waals surface area contributed by atoms with Crippen LogP contribution in [0.3, 0.4) is 0 Å². The molecule has 5 heteroatoms. The first-order valence-electron chi connectivity index (χ1n) is 5.92. The van der Waals surface area contributed by atoms with Crippen LogP contribution in [0.15, 0.2) is 28.7 Å². The van der Waals surface area contributed by atoms with E-state index in [1.807, 2.05) is 24.3 Å². The lowest BCUT2D eigenvalue weighted by molar-refractivity contribution is 0.139. The predicted octanol–water partition coefficient (Wildman–Crippen LogP) is 3.17. The van der Waals surface area contributed by atoms with Crippen molar-refractivity contribution in [1.29, 1.82) is 0 Å². The van der Waals surface area contributed by atoms with E-state index in [-0.39, 0.29) is 0 Å². The lowest BCUT2D eigenvalue weighted by Crippen LogP contribution is -2.33. The van der Waals surface area contributed by atoms with Gasteiger partial charge in [-0.15, -0.1) is 0 Å². The van der Waals surface area contributed by atoms with Gasteiger partial charge in [0, 0.05) is 36.5 Å². The zero-order valence-corrected chi connectivity index (χ0v) is 13.7. The minimum absolute atomic E-state index is 0.693. The monoisotopic (exact) mass is 379 g/mol. The van der Waals surface area contributed by atoms with E-state index < -0.39 is 0 Å². The SMILES string of the molecule is COCCN(CCBr)CCOc1ccc(Br)cc1. The fraction of sp³-hybridized carbons (Fsp3) is 0.538. The highest BCUT2D eigenvalue weighted by Gasteiger charge is 2.04. The van der Waals surface area contributed by atoms with Gasteiger partial charge in [0.25, 0.3) is 0 Å². The van der Waals surface area contributed by atoms with Crippen molar-refractivity contribution in [3.8, 4) is 5.75 Å². The fourth-order valence-corrected chi connectivity index (χ4v) is 2.26. The molecule has 0 N–H and O–H groups in total. The van der Waals surface area contributed by atoms with Gasteiger partial charge in [-0.05, 0) is 24.3 Å². The fourth-order valence-electron chi connectivity index (χ4n) is 1.50. The minimum atomic E-state index is 0.693. The summed E-state index contributed by atoms with van der Waals surface area (Å²) in [5.74, 6) is 0.906. The predicted molar refractivity (Wildman–Crippen MR) is 81.7 cm³/mol. The van der Waals surface area contributed by atoms with Crippen LogP contribution >= 0.6 is 31.9 Å². The Bertz CT molecular complexity index is 319. The van der Waals surface area contributed by atoms with Gasteiger partial charge in [-0.25, -0.2) is 0 Å². The third-order valence-electron chi connectivity index (χ3n) is 2.50. The highest BCUT2D eigenvalue weighted by Crippen LogP contribution is 2.15. The Morgan fingerprint density at radius 1 is 1.06 bits per heavy atom. The Hall–Kier alpha value is -0.100. The number of halogens is 2. The smallest absolute Gasteiger partial charge is 0.119 e. The van der Waals surface area contributed by atoms with Crippen LogP contribution in [0.2, 0.25) is 0 Å². The standard InChI is InChI=1S/C13H19Br2NO2/c1-17-10-8-16(7-6-14)9-11-18-13-4-2-12(15)3-5-13/h2-5H,6-11H2,1H3. The summed E-state index contributed by atoms with van der Waals surface area (Å²) >= 11 is 6.86. The summed E-state index contributed by atoms with van der Waals surface area (Å²) < 4.78 is 11.9. The molecule has 0 bridgehead atoms. The molecule has 1 aromatic rings. The Kier molecular flexibility index (Phi) is 8.67. The quantitative estimate of drug-likeness (QED) is 0.614. The molecule has 102 valence electrons. The molecule has 1 rings (SSSR count). The summed E-state index contributed by atoms with van der Waals surface area (Å²) in [6.07, 6.45) is 0. The molecule has 18 heavy (non-hydrogen) atoms. The van der Waals surface area contributed by atoms with Gasteiger partial charge in [-0.3, -0.25) is 4.90 Å². The first-order valence-corrected chi connectivity index (χ1v) is 7.83. The molecule has 0 heterocycles. The average molecular weight is 381 g/mol. The van der Waals surface area contributed by atoms with Crippen LogP contribution in [0.1, 0.15) is 0 Å². The molecule has 0 aliphatic heterocycles. The number of hydrogen-bond donors (Lipinski definition) is 0. The molecule has 0 radical (unpaired) electrons. The van der Waals surface area contributed by atoms with Gasteiger partial charge in [0.2, 0.25) is 0 Å². The van der Waals surface area contributed by atoms with E-state index in [2.05, 4.69) is 36.8 Å². The van der Waals surface area contributed by atoms with Crippen molar-refractivity contribution in [3.05, 3.63) is 28.7 Å². The van der Waals surface area contributed by atoms with Crippen LogP contribution in [0, 0.1) is 0 Å². The van der Waals surface area contributed by atoms with E-state index in [1.54, 1.807) is 7.11 Å². The van der Waals surface area contributed by atoms with Gasteiger partial charge in [0.1, 0.15) is 12.4 Å². The Morgan fingerprint density at radius 2 is 1.72 bits per heavy atom. The first-order chi connectivity index (χ1) is 8.76. The van der Waals surface area contributed by atoms with Crippen molar-refractivity contribution in [3.63, 3.8) is 0 Å². The van der Waals surface area contributed by atoms with Gasteiger partial charge < -0.3 is 9.47 Å². The maximum Gasteiger partial charge on any atom is 0.119 e. The van der Waals surface area contributed by atoms with Gasteiger partial charge in [0.05, 0.1) is 6.61 Å². The molecule has 0 amide bonds. The molecule has 0 aliphatic rings. The van der Waals surface area contributed by atoms with E-state index in [0.717, 1.165) is 41.8 Å². The summed E-state index contributed by atoms with van der Waals surface area (Å²) in [7, 11) is 1.73. The maximum absolute atomic E-state index is 5.70. The van der Waals surface area contributed by atoms with Crippen molar-refractivity contribution in [1.82, 2.24) is 4.90 Å². The molecule has 0 saturated carbocycles. The third-order valence-corrected chi connectivity index (χ3v) is 3.39. The number of ether oxygens (including phenoxy) is 2. The van der Waals surface area contributed by atoms with Crippen molar-refractivity contribution < 1.29 is 9.47 Å². The lowest BCUT2D eigenvalue weighted by Gasteiger charge is -2.20. The average Bonchev–Trinajstić information content (AvgIpc) is 2.38. The second-order valence-electron chi connectivity index (χ2n) is 3.83. The summed E-state index contributed by atoms with van der Waals surface area (Å²) in [4.78, 5) is 2.32. The number of methoxy groups -OCH3 is 1. The molecule has 1 aromatic carbocycles. The second-order valence-corrected chi connectivity index (χ2v) is 5.53. The zero-order chi connectivity index (χ0) is 13.2. The molecule has 0 fully saturated rings. The topological polar surface area (TPSA) is 21.7 Å². The van der Waals surface area contributed by atoms with Gasteiger partial charge in [0.15, 0.2) is 0 Å². The van der Waals surface area contributed by atoms with E-state index in [9.17, 15) is 0 Å². The van der Waals surface area contributed by atoms with Crippen molar-refractivity contribution in [2.45, 2.75) is 0 Å². The van der Waals surface area contributed by atoms with Crippen LogP contribution in [0.5, 0.6) is 5.75 Å². The number of alkyl halides is 1. The molecular formula is C13H19Br2NO2. The zero-order valence-electron chi connectivity index (χ0n) is 10.6. The number of rotatable bonds is 9. The van der Waals surface area contributed by atoms with Gasteiger partial charge in [-0.2, -0.15) is 0 Å². The molecule has 0 saturated heterocycles. The minimum Gasteiger partial charge on any atom is -0.492 e. The van der Waals surface area contributed by atoms with E-state index >= 15 is 0 Å². The van der Waals surface area contributed by atoms with Crippen LogP contribution in [0.25, 0.3) is 0 Å². The molecule has 0 aromatic heterocycles. The molecular weight excluding hydrogens is 362 g/mol.